The van der Waals surface area contributed by atoms with Gasteiger partial charge in [0, 0.05) is 75.9 Å². The van der Waals surface area contributed by atoms with Crippen molar-refractivity contribution in [3.63, 3.8) is 0 Å². The molecule has 0 atom stereocenters. The summed E-state index contributed by atoms with van der Waals surface area (Å²) >= 11 is 0. The van der Waals surface area contributed by atoms with E-state index in [-0.39, 0.29) is 23.8 Å². The zero-order valence-electron chi connectivity index (χ0n) is 26.8. The number of rotatable bonds is 11. The number of carbonyl (C=O) groups excluding carboxylic acids is 3. The van der Waals surface area contributed by atoms with Gasteiger partial charge in [-0.3, -0.25) is 19.3 Å². The lowest BCUT2D eigenvalue weighted by Crippen LogP contribution is -2.50. The van der Waals surface area contributed by atoms with Crippen molar-refractivity contribution in [2.45, 2.75) is 64.0 Å². The maximum Gasteiger partial charge on any atom is 0.253 e. The molecule has 46 heavy (non-hydrogen) atoms. The number of carbonyl (C=O) groups is 3. The number of nitrogens with zero attached hydrogens (tertiary/aromatic N) is 4. The monoisotopic (exact) mass is 622 g/mol. The van der Waals surface area contributed by atoms with E-state index in [2.05, 4.69) is 35.2 Å². The van der Waals surface area contributed by atoms with Crippen molar-refractivity contribution in [2.75, 3.05) is 50.8 Å². The Labute approximate surface area is 272 Å². The molecule has 0 saturated carbocycles. The molecule has 3 aliphatic rings. The highest BCUT2D eigenvalue weighted by Crippen LogP contribution is 2.32. The van der Waals surface area contributed by atoms with Crippen LogP contribution in [-0.4, -0.2) is 84.3 Å². The number of unbranched alkanes of at least 4 members (excludes halogenated alkanes) is 2. The van der Waals surface area contributed by atoms with Crippen LogP contribution in [0.25, 0.3) is 0 Å². The molecule has 3 amide bonds. The molecule has 0 radical (unpaired) electrons. The van der Waals surface area contributed by atoms with E-state index in [4.69, 9.17) is 4.74 Å². The number of para-hydroxylation sites is 1. The van der Waals surface area contributed by atoms with Crippen LogP contribution in [0.3, 0.4) is 0 Å². The molecule has 8 nitrogen and oxygen atoms in total. The lowest BCUT2D eigenvalue weighted by Gasteiger charge is -2.41. The number of piperazine rings is 1. The maximum atomic E-state index is 13.2. The first-order valence-corrected chi connectivity index (χ1v) is 17.0. The lowest BCUT2D eigenvalue weighted by molar-refractivity contribution is -0.133. The number of fused-ring (bicyclic) bond motifs is 1. The Morgan fingerprint density at radius 2 is 1.43 bits per heavy atom. The van der Waals surface area contributed by atoms with E-state index < -0.39 is 0 Å². The van der Waals surface area contributed by atoms with Crippen LogP contribution in [0.5, 0.6) is 5.75 Å². The number of hydrogen-bond donors (Lipinski definition) is 0. The van der Waals surface area contributed by atoms with Crippen LogP contribution in [-0.2, 0) is 22.6 Å². The first-order chi connectivity index (χ1) is 22.5. The smallest absolute Gasteiger partial charge is 0.253 e. The van der Waals surface area contributed by atoms with E-state index >= 15 is 0 Å². The predicted octanol–water partition coefficient (Wildman–Crippen LogP) is 5.55. The van der Waals surface area contributed by atoms with Crippen molar-refractivity contribution in [3.05, 3.63) is 95.6 Å². The highest BCUT2D eigenvalue weighted by molar-refractivity contribution is 5.97. The number of ether oxygens (including phenoxy) is 1. The molecule has 0 aromatic heterocycles. The summed E-state index contributed by atoms with van der Waals surface area (Å²) < 4.78 is 5.93. The zero-order chi connectivity index (χ0) is 31.7. The second-order valence-corrected chi connectivity index (χ2v) is 12.7. The van der Waals surface area contributed by atoms with Gasteiger partial charge in [0.25, 0.3) is 5.91 Å². The Balaban J connectivity index is 0.856. The van der Waals surface area contributed by atoms with Gasteiger partial charge >= 0.3 is 0 Å². The van der Waals surface area contributed by atoms with Crippen LogP contribution < -0.4 is 9.64 Å². The van der Waals surface area contributed by atoms with Crippen molar-refractivity contribution in [2.24, 2.45) is 0 Å². The van der Waals surface area contributed by atoms with Crippen LogP contribution in [0.2, 0.25) is 0 Å². The number of hydrogen-bond acceptors (Lipinski definition) is 5. The molecule has 0 unspecified atom stereocenters. The molecule has 2 saturated heterocycles. The van der Waals surface area contributed by atoms with Crippen molar-refractivity contribution in [3.8, 4) is 5.75 Å². The molecule has 0 aliphatic carbocycles. The third kappa shape index (κ3) is 7.97. The molecule has 6 rings (SSSR count). The first kappa shape index (κ1) is 31.8. The van der Waals surface area contributed by atoms with Gasteiger partial charge in [0.05, 0.1) is 6.61 Å². The van der Waals surface area contributed by atoms with E-state index in [1.54, 1.807) is 0 Å². The van der Waals surface area contributed by atoms with Gasteiger partial charge in [-0.15, -0.1) is 0 Å². The predicted molar refractivity (Wildman–Crippen MR) is 180 cm³/mol. The van der Waals surface area contributed by atoms with Gasteiger partial charge in [-0.2, -0.15) is 0 Å². The molecular weight excluding hydrogens is 576 g/mol. The molecule has 8 heteroatoms. The quantitative estimate of drug-likeness (QED) is 0.262. The molecule has 2 fully saturated rings. The number of piperidine rings is 1. The summed E-state index contributed by atoms with van der Waals surface area (Å²) in [6, 6.07) is 26.2. The Bertz CT molecular complexity index is 1460. The maximum absolute atomic E-state index is 13.2. The van der Waals surface area contributed by atoms with Gasteiger partial charge in [0.1, 0.15) is 5.75 Å². The van der Waals surface area contributed by atoms with Gasteiger partial charge in [0.2, 0.25) is 11.8 Å². The Morgan fingerprint density at radius 1 is 0.717 bits per heavy atom. The fraction of sp³-hybridized carbons (Fsp3) is 0.447. The van der Waals surface area contributed by atoms with Crippen molar-refractivity contribution < 1.29 is 19.1 Å². The average Bonchev–Trinajstić information content (AvgIpc) is 3.10. The minimum atomic E-state index is 0.0256. The van der Waals surface area contributed by atoms with Gasteiger partial charge in [-0.25, -0.2) is 0 Å². The third-order valence-electron chi connectivity index (χ3n) is 9.62. The summed E-state index contributed by atoms with van der Waals surface area (Å²) in [4.78, 5) is 47.0. The summed E-state index contributed by atoms with van der Waals surface area (Å²) in [6.07, 6.45) is 6.21. The van der Waals surface area contributed by atoms with Crippen molar-refractivity contribution in [1.29, 1.82) is 0 Å². The summed E-state index contributed by atoms with van der Waals surface area (Å²) in [5, 5.41) is 0. The minimum absolute atomic E-state index is 0.0256. The Morgan fingerprint density at radius 3 is 2.20 bits per heavy atom. The standard InChI is InChI=1S/C38H46N4O4/c43-36(40-26-24-39(25-27-40)29-30-9-3-1-4-10-30)13-5-2-8-28-46-34-17-14-32(15-18-34)38(45)41-22-20-33(21-23-41)42-35-12-7-6-11-31(35)16-19-37(42)44/h1,3-4,6-7,9-12,14-15,17-18,33H,2,5,8,13,16,19-29H2. The first-order valence-electron chi connectivity index (χ1n) is 17.0. The fourth-order valence-electron chi connectivity index (χ4n) is 6.96. The molecule has 242 valence electrons. The summed E-state index contributed by atoms with van der Waals surface area (Å²) in [6.45, 7) is 6.27. The van der Waals surface area contributed by atoms with Crippen molar-refractivity contribution >= 4 is 23.4 Å². The molecule has 3 heterocycles. The number of benzene rings is 3. The van der Waals surface area contributed by atoms with Gasteiger partial charge in [0.15, 0.2) is 0 Å². The molecule has 0 spiro atoms. The second-order valence-electron chi connectivity index (χ2n) is 12.7. The largest absolute Gasteiger partial charge is 0.494 e. The van der Waals surface area contributed by atoms with Gasteiger partial charge < -0.3 is 19.4 Å². The minimum Gasteiger partial charge on any atom is -0.494 e. The van der Waals surface area contributed by atoms with Crippen LogP contribution in [0.15, 0.2) is 78.9 Å². The molecule has 3 aliphatic heterocycles. The summed E-state index contributed by atoms with van der Waals surface area (Å²) in [7, 11) is 0. The number of aryl methyl sites for hydroxylation is 1. The molecule has 0 N–H and O–H groups in total. The van der Waals surface area contributed by atoms with E-state index in [1.807, 2.05) is 63.2 Å². The van der Waals surface area contributed by atoms with Crippen molar-refractivity contribution in [1.82, 2.24) is 14.7 Å². The van der Waals surface area contributed by atoms with Crippen LogP contribution >= 0.6 is 0 Å². The molecule has 3 aromatic carbocycles. The fourth-order valence-corrected chi connectivity index (χ4v) is 6.96. The van der Waals surface area contributed by atoms with Crippen LogP contribution in [0.1, 0.15) is 66.4 Å². The summed E-state index contributed by atoms with van der Waals surface area (Å²) in [5.41, 5.74) is 4.25. The van der Waals surface area contributed by atoms with E-state index in [9.17, 15) is 14.4 Å². The normalized spacial score (nSPS) is 17.6. The van der Waals surface area contributed by atoms with Crippen LogP contribution in [0.4, 0.5) is 5.69 Å². The average molecular weight is 623 g/mol. The zero-order valence-corrected chi connectivity index (χ0v) is 26.8. The topological polar surface area (TPSA) is 73.4 Å². The second kappa shape index (κ2) is 15.4. The van der Waals surface area contributed by atoms with Gasteiger partial charge in [-0.05, 0) is 80.0 Å². The van der Waals surface area contributed by atoms with E-state index in [0.717, 1.165) is 82.7 Å². The third-order valence-corrected chi connectivity index (χ3v) is 9.62. The highest BCUT2D eigenvalue weighted by atomic mass is 16.5. The summed E-state index contributed by atoms with van der Waals surface area (Å²) in [5.74, 6) is 1.23. The molecule has 3 aromatic rings. The lowest BCUT2D eigenvalue weighted by atomic mass is 9.95. The number of likely N-dealkylation sites (tertiary alicyclic amines) is 1. The number of amides is 3. The SMILES string of the molecule is O=C(CCCCCOc1ccc(C(=O)N2CCC(N3C(=O)CCc4ccccc43)CC2)cc1)N1CCN(Cc2ccccc2)CC1. The van der Waals surface area contributed by atoms with E-state index in [1.165, 1.54) is 11.1 Å². The van der Waals surface area contributed by atoms with Crippen LogP contribution in [0, 0.1) is 0 Å². The molecule has 0 bridgehead atoms. The van der Waals surface area contributed by atoms with E-state index in [0.29, 0.717) is 38.1 Å². The van der Waals surface area contributed by atoms with Gasteiger partial charge in [-0.1, -0.05) is 48.5 Å². The Hall–Kier alpha value is -4.17. The Kier molecular flexibility index (Phi) is 10.7. The molecular formula is C38H46N4O4. The highest BCUT2D eigenvalue weighted by Gasteiger charge is 2.33. The number of anilines is 1.